The number of nitrogens with two attached hydrogens (primary N) is 2. The zero-order chi connectivity index (χ0) is 18.7. The van der Waals surface area contributed by atoms with E-state index in [9.17, 15) is 19.8 Å². The summed E-state index contributed by atoms with van der Waals surface area (Å²) >= 11 is 0. The molecular formula is C14H23N5O6. The van der Waals surface area contributed by atoms with Crippen LogP contribution < -0.4 is 11.5 Å². The fourth-order valence-electron chi connectivity index (χ4n) is 2.34. The number of hydrogen-bond acceptors (Lipinski definition) is 9. The Kier molecular flexibility index (Phi) is 6.06. The molecule has 0 bridgehead atoms. The van der Waals surface area contributed by atoms with Gasteiger partial charge >= 0.3 is 5.97 Å². The predicted molar refractivity (Wildman–Crippen MR) is 82.9 cm³/mol. The molecule has 0 saturated carbocycles. The molecule has 2 rings (SSSR count). The number of esters is 1. The summed E-state index contributed by atoms with van der Waals surface area (Å²) in [4.78, 5) is 26.6. The molecule has 6 atom stereocenters. The Bertz CT molecular complexity index is 623. The zero-order valence-electron chi connectivity index (χ0n) is 14.0. The van der Waals surface area contributed by atoms with Crippen LogP contribution in [0.2, 0.25) is 0 Å². The van der Waals surface area contributed by atoms with Gasteiger partial charge in [-0.05, 0) is 5.92 Å². The van der Waals surface area contributed by atoms with Gasteiger partial charge in [-0.25, -0.2) is 9.67 Å². The molecule has 11 nitrogen and oxygen atoms in total. The van der Waals surface area contributed by atoms with Gasteiger partial charge in [0, 0.05) is 0 Å². The Morgan fingerprint density at radius 2 is 2.12 bits per heavy atom. The van der Waals surface area contributed by atoms with Gasteiger partial charge in [-0.3, -0.25) is 9.59 Å². The van der Waals surface area contributed by atoms with Crippen molar-refractivity contribution in [3.05, 3.63) is 12.2 Å². The molecule has 0 radical (unpaired) electrons. The van der Waals surface area contributed by atoms with Crippen molar-refractivity contribution in [2.24, 2.45) is 17.4 Å². The smallest absolute Gasteiger partial charge is 0.323 e. The van der Waals surface area contributed by atoms with Gasteiger partial charge in [0.05, 0.1) is 0 Å². The van der Waals surface area contributed by atoms with Crippen molar-refractivity contribution in [1.82, 2.24) is 14.8 Å². The Morgan fingerprint density at radius 3 is 2.68 bits per heavy atom. The minimum Gasteiger partial charge on any atom is -0.462 e. The second-order valence-electron chi connectivity index (χ2n) is 6.00. The quantitative estimate of drug-likeness (QED) is 0.399. The summed E-state index contributed by atoms with van der Waals surface area (Å²) in [6.07, 6.45) is -2.88. The van der Waals surface area contributed by atoms with Gasteiger partial charge in [0.15, 0.2) is 6.23 Å². The van der Waals surface area contributed by atoms with Gasteiger partial charge in [0.1, 0.15) is 37.3 Å². The van der Waals surface area contributed by atoms with E-state index in [2.05, 4.69) is 10.1 Å². The molecule has 1 aliphatic heterocycles. The lowest BCUT2D eigenvalue weighted by Crippen LogP contribution is -2.40. The van der Waals surface area contributed by atoms with E-state index < -0.39 is 42.5 Å². The molecule has 0 aliphatic carbocycles. The van der Waals surface area contributed by atoms with Crippen LogP contribution in [0.3, 0.4) is 0 Å². The van der Waals surface area contributed by atoms with E-state index >= 15 is 0 Å². The van der Waals surface area contributed by atoms with Gasteiger partial charge in [0.2, 0.25) is 5.82 Å². The highest BCUT2D eigenvalue weighted by Gasteiger charge is 2.45. The SMILES string of the molecule is CC[C@@H](C)[C@H](N)C(=O)OC[C@H]1O[C@@H](n2cnc(C(N)=O)n2)[C@H](O)[C@@H]1O. The number of ether oxygens (including phenoxy) is 2. The molecule has 11 heteroatoms. The second kappa shape index (κ2) is 7.87. The summed E-state index contributed by atoms with van der Waals surface area (Å²) in [5.41, 5.74) is 10.8. The third-order valence-electron chi connectivity index (χ3n) is 4.25. The highest BCUT2D eigenvalue weighted by Crippen LogP contribution is 2.29. The van der Waals surface area contributed by atoms with Crippen molar-refractivity contribution in [3.63, 3.8) is 0 Å². The van der Waals surface area contributed by atoms with Crippen molar-refractivity contribution in [3.8, 4) is 0 Å². The highest BCUT2D eigenvalue weighted by molar-refractivity contribution is 5.88. The molecule has 1 saturated heterocycles. The van der Waals surface area contributed by atoms with E-state index in [-0.39, 0.29) is 18.3 Å². The lowest BCUT2D eigenvalue weighted by atomic mass is 10.0. The van der Waals surface area contributed by atoms with E-state index in [1.165, 1.54) is 0 Å². The maximum Gasteiger partial charge on any atom is 0.323 e. The summed E-state index contributed by atoms with van der Waals surface area (Å²) in [5, 5.41) is 23.9. The molecule has 1 aromatic heterocycles. The zero-order valence-corrected chi connectivity index (χ0v) is 14.0. The van der Waals surface area contributed by atoms with E-state index in [1.54, 1.807) is 0 Å². The fourth-order valence-corrected chi connectivity index (χ4v) is 2.34. The molecule has 1 aromatic rings. The van der Waals surface area contributed by atoms with Crippen LogP contribution >= 0.6 is 0 Å². The van der Waals surface area contributed by atoms with Crippen molar-refractivity contribution in [1.29, 1.82) is 0 Å². The molecule has 140 valence electrons. The third-order valence-corrected chi connectivity index (χ3v) is 4.25. The van der Waals surface area contributed by atoms with E-state index in [4.69, 9.17) is 20.9 Å². The lowest BCUT2D eigenvalue weighted by molar-refractivity contribution is -0.153. The maximum absolute atomic E-state index is 11.9. The summed E-state index contributed by atoms with van der Waals surface area (Å²) in [5.74, 6) is -1.75. The Labute approximate surface area is 143 Å². The molecule has 6 N–H and O–H groups in total. The molecule has 0 unspecified atom stereocenters. The first kappa shape index (κ1) is 19.2. The first-order valence-electron chi connectivity index (χ1n) is 7.91. The molecule has 1 aliphatic rings. The van der Waals surface area contributed by atoms with Crippen molar-refractivity contribution >= 4 is 11.9 Å². The first-order chi connectivity index (χ1) is 11.8. The number of carbonyl (C=O) groups excluding carboxylic acids is 2. The maximum atomic E-state index is 11.9. The van der Waals surface area contributed by atoms with E-state index in [0.717, 1.165) is 11.0 Å². The Hall–Kier alpha value is -2.08. The van der Waals surface area contributed by atoms with Crippen molar-refractivity contribution in [2.45, 2.75) is 50.8 Å². The van der Waals surface area contributed by atoms with Gasteiger partial charge in [-0.2, -0.15) is 0 Å². The number of primary amides is 1. The van der Waals surface area contributed by atoms with E-state index in [1.807, 2.05) is 13.8 Å². The van der Waals surface area contributed by atoms with Crippen LogP contribution in [0, 0.1) is 5.92 Å². The third kappa shape index (κ3) is 4.12. The van der Waals surface area contributed by atoms with Crippen LogP contribution in [0.4, 0.5) is 0 Å². The number of nitrogens with zero attached hydrogens (tertiary/aromatic N) is 3. The summed E-state index contributed by atoms with van der Waals surface area (Å²) < 4.78 is 11.6. The average Bonchev–Trinajstić information content (AvgIpc) is 3.18. The minimum atomic E-state index is -1.35. The number of aliphatic hydroxyl groups is 2. The largest absolute Gasteiger partial charge is 0.462 e. The van der Waals surface area contributed by atoms with Gasteiger partial charge < -0.3 is 31.2 Å². The number of amides is 1. The molecule has 25 heavy (non-hydrogen) atoms. The van der Waals surface area contributed by atoms with Crippen LogP contribution in [0.5, 0.6) is 0 Å². The Balaban J connectivity index is 1.97. The first-order valence-corrected chi connectivity index (χ1v) is 7.91. The highest BCUT2D eigenvalue weighted by atomic mass is 16.6. The monoisotopic (exact) mass is 357 g/mol. The molecule has 0 spiro atoms. The molecule has 1 amide bonds. The van der Waals surface area contributed by atoms with Crippen LogP contribution in [-0.2, 0) is 14.3 Å². The van der Waals surface area contributed by atoms with Gasteiger partial charge in [0.25, 0.3) is 5.91 Å². The number of aromatic nitrogens is 3. The molecular weight excluding hydrogens is 334 g/mol. The summed E-state index contributed by atoms with van der Waals surface area (Å²) in [6.45, 7) is 3.45. The lowest BCUT2D eigenvalue weighted by Gasteiger charge is -2.19. The predicted octanol–water partition coefficient (Wildman–Crippen LogP) is -2.09. The van der Waals surface area contributed by atoms with Crippen molar-refractivity contribution in [2.75, 3.05) is 6.61 Å². The standard InChI is InChI=1S/C14H23N5O6/c1-3-6(2)8(15)14(23)24-4-7-9(20)10(21)13(25-7)19-5-17-12(18-19)11(16)22/h5-10,13,20-21H,3-4,15H2,1-2H3,(H2,16,22)/t6-,7-,8+,9-,10-,13-/m1/s1. The number of aliphatic hydroxyl groups excluding tert-OH is 2. The number of carbonyl (C=O) groups is 2. The second-order valence-corrected chi connectivity index (χ2v) is 6.00. The van der Waals surface area contributed by atoms with Crippen molar-refractivity contribution < 1.29 is 29.3 Å². The number of hydrogen-bond donors (Lipinski definition) is 4. The molecule has 0 aromatic carbocycles. The fraction of sp³-hybridized carbons (Fsp3) is 0.714. The molecule has 2 heterocycles. The summed E-state index contributed by atoms with van der Waals surface area (Å²) in [7, 11) is 0. The van der Waals surface area contributed by atoms with Crippen LogP contribution in [0.1, 0.15) is 37.1 Å². The van der Waals surface area contributed by atoms with Gasteiger partial charge in [-0.15, -0.1) is 5.10 Å². The number of rotatable bonds is 7. The molecule has 1 fully saturated rings. The van der Waals surface area contributed by atoms with Crippen LogP contribution in [0.25, 0.3) is 0 Å². The Morgan fingerprint density at radius 1 is 1.44 bits per heavy atom. The summed E-state index contributed by atoms with van der Waals surface area (Å²) in [6, 6.07) is -0.780. The van der Waals surface area contributed by atoms with Gasteiger partial charge in [-0.1, -0.05) is 20.3 Å². The minimum absolute atomic E-state index is 0.0531. The topological polar surface area (TPSA) is 176 Å². The average molecular weight is 357 g/mol. The normalized spacial score (nSPS) is 28.5. The van der Waals surface area contributed by atoms with Crippen LogP contribution in [0.15, 0.2) is 6.33 Å². The van der Waals surface area contributed by atoms with Crippen LogP contribution in [-0.4, -0.2) is 67.8 Å². The van der Waals surface area contributed by atoms with E-state index in [0.29, 0.717) is 6.42 Å².